The molecule has 0 bridgehead atoms. The minimum atomic E-state index is -0.391. The minimum Gasteiger partial charge on any atom is -0.408 e. The molecular weight excluding hydrogens is 355 g/mol. The average Bonchev–Trinajstić information content (AvgIpc) is 3.07. The van der Waals surface area contributed by atoms with Gasteiger partial charge in [-0.15, -0.1) is 0 Å². The highest BCUT2D eigenvalue weighted by atomic mass is 19.1. The van der Waals surface area contributed by atoms with Crippen molar-refractivity contribution < 1.29 is 8.81 Å². The molecule has 2 aromatic carbocycles. The summed E-state index contributed by atoms with van der Waals surface area (Å²) in [6.45, 7) is 1.02. The van der Waals surface area contributed by atoms with Gasteiger partial charge < -0.3 is 9.73 Å². The van der Waals surface area contributed by atoms with E-state index in [1.807, 2.05) is 18.2 Å². The molecule has 3 aromatic rings. The number of aryl methyl sites for hydroxylation is 1. The summed E-state index contributed by atoms with van der Waals surface area (Å²) in [5.74, 6) is -0.00160. The van der Waals surface area contributed by atoms with E-state index in [-0.39, 0.29) is 5.82 Å². The Bertz CT molecular complexity index is 970. The molecule has 148 valence electrons. The Morgan fingerprint density at radius 1 is 1.07 bits per heavy atom. The fourth-order valence-corrected chi connectivity index (χ4v) is 4.30. The highest BCUT2D eigenvalue weighted by Crippen LogP contribution is 2.34. The van der Waals surface area contributed by atoms with Crippen LogP contribution in [-0.2, 0) is 6.42 Å². The molecule has 1 fully saturated rings. The van der Waals surface area contributed by atoms with Gasteiger partial charge in [0.1, 0.15) is 5.82 Å². The van der Waals surface area contributed by atoms with Gasteiger partial charge in [0.25, 0.3) is 0 Å². The Morgan fingerprint density at radius 3 is 2.75 bits per heavy atom. The number of nitrogens with one attached hydrogen (secondary N) is 2. The standard InChI is InChI=1S/C23H27FN2O2/c24-19-6-3-5-16(14-19)4-1-2-13-25-20-10-7-17(8-11-20)18-9-12-21-22(15-18)28-23(27)26-21/h3,5-6,9,12,14-15,17,20,25H,1-2,4,7-8,10-11,13H2,(H,26,27). The lowest BCUT2D eigenvalue weighted by Gasteiger charge is -2.29. The zero-order valence-electron chi connectivity index (χ0n) is 16.0. The number of oxazole rings is 1. The highest BCUT2D eigenvalue weighted by molar-refractivity contribution is 5.72. The number of H-pyrrole nitrogens is 1. The van der Waals surface area contributed by atoms with Crippen molar-refractivity contribution in [3.8, 4) is 0 Å². The van der Waals surface area contributed by atoms with Crippen LogP contribution in [0.2, 0.25) is 0 Å². The third kappa shape index (κ3) is 4.71. The molecule has 5 heteroatoms. The number of rotatable bonds is 7. The van der Waals surface area contributed by atoms with Crippen molar-refractivity contribution in [3.05, 3.63) is 70.0 Å². The SMILES string of the molecule is O=c1[nH]c2ccc(C3CCC(NCCCCc4cccc(F)c4)CC3)cc2o1. The number of fused-ring (bicyclic) bond motifs is 1. The second kappa shape index (κ2) is 8.74. The molecule has 4 rings (SSSR count). The van der Waals surface area contributed by atoms with Gasteiger partial charge in [-0.1, -0.05) is 18.2 Å². The number of unbranched alkanes of at least 4 members (excludes halogenated alkanes) is 1. The van der Waals surface area contributed by atoms with Crippen LogP contribution in [0, 0.1) is 5.82 Å². The molecule has 2 N–H and O–H groups in total. The van der Waals surface area contributed by atoms with Gasteiger partial charge in [-0.05, 0) is 92.8 Å². The van der Waals surface area contributed by atoms with Crippen LogP contribution < -0.4 is 11.1 Å². The Balaban J connectivity index is 1.18. The van der Waals surface area contributed by atoms with E-state index in [0.717, 1.165) is 49.7 Å². The molecule has 0 amide bonds. The Hall–Kier alpha value is -2.40. The van der Waals surface area contributed by atoms with Gasteiger partial charge in [0.2, 0.25) is 0 Å². The van der Waals surface area contributed by atoms with Gasteiger partial charge >= 0.3 is 5.76 Å². The summed E-state index contributed by atoms with van der Waals surface area (Å²) in [6, 6.07) is 13.5. The molecule has 0 saturated heterocycles. The van der Waals surface area contributed by atoms with E-state index in [1.165, 1.54) is 24.5 Å². The van der Waals surface area contributed by atoms with Gasteiger partial charge in [-0.2, -0.15) is 0 Å². The molecular formula is C23H27FN2O2. The first-order valence-corrected chi connectivity index (χ1v) is 10.3. The fraction of sp³-hybridized carbons (Fsp3) is 0.435. The summed E-state index contributed by atoms with van der Waals surface area (Å²) < 4.78 is 18.4. The molecule has 1 aliphatic rings. The zero-order chi connectivity index (χ0) is 19.3. The molecule has 1 heterocycles. The van der Waals surface area contributed by atoms with Crippen molar-refractivity contribution in [2.45, 2.75) is 56.9 Å². The number of aromatic amines is 1. The molecule has 0 spiro atoms. The monoisotopic (exact) mass is 382 g/mol. The predicted octanol–water partition coefficient (Wildman–Crippen LogP) is 4.90. The maximum absolute atomic E-state index is 13.2. The van der Waals surface area contributed by atoms with Crippen molar-refractivity contribution in [3.63, 3.8) is 0 Å². The Morgan fingerprint density at radius 2 is 1.93 bits per heavy atom. The van der Waals surface area contributed by atoms with Crippen LogP contribution in [0.25, 0.3) is 11.1 Å². The molecule has 0 radical (unpaired) electrons. The fourth-order valence-electron chi connectivity index (χ4n) is 4.30. The maximum Gasteiger partial charge on any atom is 0.417 e. The number of halogens is 1. The smallest absolute Gasteiger partial charge is 0.408 e. The maximum atomic E-state index is 13.2. The summed E-state index contributed by atoms with van der Waals surface area (Å²) >= 11 is 0. The Kier molecular flexibility index (Phi) is 5.91. The van der Waals surface area contributed by atoms with Crippen molar-refractivity contribution in [1.29, 1.82) is 0 Å². The number of aromatic nitrogens is 1. The molecule has 0 unspecified atom stereocenters. The highest BCUT2D eigenvalue weighted by Gasteiger charge is 2.22. The third-order valence-corrected chi connectivity index (χ3v) is 5.86. The molecule has 1 aromatic heterocycles. The summed E-state index contributed by atoms with van der Waals surface area (Å²) in [7, 11) is 0. The van der Waals surface area contributed by atoms with E-state index < -0.39 is 5.76 Å². The van der Waals surface area contributed by atoms with Gasteiger partial charge in [0.05, 0.1) is 5.52 Å². The van der Waals surface area contributed by atoms with Crippen LogP contribution in [0.3, 0.4) is 0 Å². The van der Waals surface area contributed by atoms with Crippen LogP contribution in [0.4, 0.5) is 4.39 Å². The first-order chi connectivity index (χ1) is 13.7. The molecule has 4 nitrogen and oxygen atoms in total. The largest absolute Gasteiger partial charge is 0.417 e. The first-order valence-electron chi connectivity index (χ1n) is 10.3. The minimum absolute atomic E-state index is 0.148. The van der Waals surface area contributed by atoms with Crippen molar-refractivity contribution >= 4 is 11.1 Å². The van der Waals surface area contributed by atoms with Gasteiger partial charge in [-0.25, -0.2) is 9.18 Å². The van der Waals surface area contributed by atoms with Gasteiger partial charge in [0, 0.05) is 6.04 Å². The number of hydrogen-bond donors (Lipinski definition) is 2. The van der Waals surface area contributed by atoms with E-state index in [9.17, 15) is 9.18 Å². The molecule has 0 aliphatic heterocycles. The second-order valence-electron chi connectivity index (χ2n) is 7.86. The average molecular weight is 382 g/mol. The summed E-state index contributed by atoms with van der Waals surface area (Å²) in [4.78, 5) is 14.0. The molecule has 0 atom stereocenters. The zero-order valence-corrected chi connectivity index (χ0v) is 16.0. The normalized spacial score (nSPS) is 19.9. The van der Waals surface area contributed by atoms with E-state index in [2.05, 4.69) is 16.4 Å². The van der Waals surface area contributed by atoms with Crippen LogP contribution in [0.1, 0.15) is 55.6 Å². The van der Waals surface area contributed by atoms with Crippen LogP contribution >= 0.6 is 0 Å². The summed E-state index contributed by atoms with van der Waals surface area (Å²) in [5, 5.41) is 3.69. The number of hydrogen-bond acceptors (Lipinski definition) is 3. The van der Waals surface area contributed by atoms with E-state index >= 15 is 0 Å². The summed E-state index contributed by atoms with van der Waals surface area (Å²) in [5.41, 5.74) is 3.77. The van der Waals surface area contributed by atoms with E-state index in [4.69, 9.17) is 4.42 Å². The van der Waals surface area contributed by atoms with E-state index in [1.54, 1.807) is 12.1 Å². The van der Waals surface area contributed by atoms with Crippen LogP contribution in [-0.4, -0.2) is 17.6 Å². The number of benzene rings is 2. The first kappa shape index (κ1) is 18.9. The molecule has 28 heavy (non-hydrogen) atoms. The van der Waals surface area contributed by atoms with Gasteiger partial charge in [0.15, 0.2) is 5.58 Å². The molecule has 1 saturated carbocycles. The lowest BCUT2D eigenvalue weighted by atomic mass is 9.81. The van der Waals surface area contributed by atoms with E-state index in [0.29, 0.717) is 17.5 Å². The van der Waals surface area contributed by atoms with Crippen molar-refractivity contribution in [2.24, 2.45) is 0 Å². The molecule has 1 aliphatic carbocycles. The summed E-state index contributed by atoms with van der Waals surface area (Å²) in [6.07, 6.45) is 7.77. The van der Waals surface area contributed by atoms with Gasteiger partial charge in [-0.3, -0.25) is 4.98 Å². The van der Waals surface area contributed by atoms with Crippen molar-refractivity contribution in [1.82, 2.24) is 10.3 Å². The lowest BCUT2D eigenvalue weighted by molar-refractivity contribution is 0.341. The van der Waals surface area contributed by atoms with Crippen LogP contribution in [0.15, 0.2) is 51.7 Å². The quantitative estimate of drug-likeness (QED) is 0.572. The Labute approximate surface area is 164 Å². The lowest BCUT2D eigenvalue weighted by Crippen LogP contribution is -2.33. The predicted molar refractivity (Wildman–Crippen MR) is 109 cm³/mol. The second-order valence-corrected chi connectivity index (χ2v) is 7.86. The van der Waals surface area contributed by atoms with Crippen LogP contribution in [0.5, 0.6) is 0 Å². The third-order valence-electron chi connectivity index (χ3n) is 5.86. The topological polar surface area (TPSA) is 58.0 Å². The van der Waals surface area contributed by atoms with Crippen molar-refractivity contribution in [2.75, 3.05) is 6.54 Å².